The van der Waals surface area contributed by atoms with Gasteiger partial charge in [0.25, 0.3) is 0 Å². The molecule has 0 saturated heterocycles. The first-order valence-corrected chi connectivity index (χ1v) is 6.77. The van der Waals surface area contributed by atoms with Gasteiger partial charge in [-0.2, -0.15) is 0 Å². The van der Waals surface area contributed by atoms with Crippen molar-refractivity contribution >= 4 is 5.69 Å². The van der Waals surface area contributed by atoms with E-state index in [-0.39, 0.29) is 0 Å². The Kier molecular flexibility index (Phi) is 3.47. The number of rotatable bonds is 2. The molecule has 0 unspecified atom stereocenters. The maximum Gasteiger partial charge on any atom is 0.0445 e. The smallest absolute Gasteiger partial charge is 0.0445 e. The molecule has 98 valence electrons. The molecule has 3 heteroatoms. The first-order chi connectivity index (χ1) is 9.33. The third kappa shape index (κ3) is 2.76. The Morgan fingerprint density at radius 3 is 3.05 bits per heavy atom. The highest BCUT2D eigenvalue weighted by Crippen LogP contribution is 2.23. The first kappa shape index (κ1) is 12.2. The van der Waals surface area contributed by atoms with E-state index in [1.54, 1.807) is 0 Å². The van der Waals surface area contributed by atoms with E-state index in [0.717, 1.165) is 26.2 Å². The van der Waals surface area contributed by atoms with Crippen LogP contribution in [0.2, 0.25) is 0 Å². The van der Waals surface area contributed by atoms with Crippen LogP contribution in [-0.2, 0) is 13.1 Å². The standard InChI is InChI=1S/C16H19N3/c1-13-8-14(10-18-9-13)12-19-7-6-17-11-15-4-2-3-5-16(15)19/h2-5,8-10,17H,6-7,11-12H2,1H3. The Morgan fingerprint density at radius 1 is 1.26 bits per heavy atom. The second-order valence-electron chi connectivity index (χ2n) is 5.10. The molecule has 0 radical (unpaired) electrons. The molecular formula is C16H19N3. The number of anilines is 1. The summed E-state index contributed by atoms with van der Waals surface area (Å²) in [7, 11) is 0. The lowest BCUT2D eigenvalue weighted by Crippen LogP contribution is -2.28. The minimum absolute atomic E-state index is 0.924. The van der Waals surface area contributed by atoms with E-state index in [2.05, 4.69) is 52.5 Å². The Bertz CT molecular complexity index is 565. The summed E-state index contributed by atoms with van der Waals surface area (Å²) < 4.78 is 0. The number of fused-ring (bicyclic) bond motifs is 1. The summed E-state index contributed by atoms with van der Waals surface area (Å²) in [4.78, 5) is 6.72. The average Bonchev–Trinajstić information content (AvgIpc) is 2.62. The maximum atomic E-state index is 4.29. The highest BCUT2D eigenvalue weighted by molar-refractivity contribution is 5.54. The third-order valence-corrected chi connectivity index (χ3v) is 3.51. The van der Waals surface area contributed by atoms with E-state index < -0.39 is 0 Å². The lowest BCUT2D eigenvalue weighted by atomic mass is 10.1. The summed E-state index contributed by atoms with van der Waals surface area (Å²) in [6.07, 6.45) is 3.87. The summed E-state index contributed by atoms with van der Waals surface area (Å²) >= 11 is 0. The van der Waals surface area contributed by atoms with Gasteiger partial charge in [0.2, 0.25) is 0 Å². The molecule has 0 amide bonds. The molecule has 1 aliphatic rings. The van der Waals surface area contributed by atoms with Crippen molar-refractivity contribution in [1.82, 2.24) is 10.3 Å². The fourth-order valence-electron chi connectivity index (χ4n) is 2.61. The Morgan fingerprint density at radius 2 is 2.16 bits per heavy atom. The van der Waals surface area contributed by atoms with Crippen molar-refractivity contribution in [3.63, 3.8) is 0 Å². The van der Waals surface area contributed by atoms with Gasteiger partial charge in [-0.05, 0) is 29.7 Å². The topological polar surface area (TPSA) is 28.2 Å². The highest BCUT2D eigenvalue weighted by Gasteiger charge is 2.14. The molecule has 0 saturated carbocycles. The van der Waals surface area contributed by atoms with Gasteiger partial charge >= 0.3 is 0 Å². The van der Waals surface area contributed by atoms with Crippen molar-refractivity contribution in [2.75, 3.05) is 18.0 Å². The fraction of sp³-hybridized carbons (Fsp3) is 0.312. The number of nitrogens with one attached hydrogen (secondary N) is 1. The predicted molar refractivity (Wildman–Crippen MR) is 78.2 cm³/mol. The lowest BCUT2D eigenvalue weighted by Gasteiger charge is -2.24. The summed E-state index contributed by atoms with van der Waals surface area (Å²) in [5, 5.41) is 3.47. The average molecular weight is 253 g/mol. The van der Waals surface area contributed by atoms with Crippen LogP contribution in [0.25, 0.3) is 0 Å². The van der Waals surface area contributed by atoms with Gasteiger partial charge < -0.3 is 10.2 Å². The number of benzene rings is 1. The Labute approximate surface area is 114 Å². The van der Waals surface area contributed by atoms with Crippen LogP contribution in [-0.4, -0.2) is 18.1 Å². The number of aromatic nitrogens is 1. The molecule has 0 aliphatic carbocycles. The van der Waals surface area contributed by atoms with Gasteiger partial charge in [0.15, 0.2) is 0 Å². The minimum atomic E-state index is 0.924. The summed E-state index contributed by atoms with van der Waals surface area (Å²) in [6.45, 7) is 6.03. The molecule has 2 aromatic rings. The quantitative estimate of drug-likeness (QED) is 0.891. The summed E-state index contributed by atoms with van der Waals surface area (Å²) in [6, 6.07) is 10.9. The van der Waals surface area contributed by atoms with Crippen LogP contribution >= 0.6 is 0 Å². The molecule has 2 heterocycles. The van der Waals surface area contributed by atoms with Crippen LogP contribution in [0.3, 0.4) is 0 Å². The molecule has 0 atom stereocenters. The van der Waals surface area contributed by atoms with Crippen molar-refractivity contribution in [2.45, 2.75) is 20.0 Å². The van der Waals surface area contributed by atoms with Gasteiger partial charge in [-0.25, -0.2) is 0 Å². The molecule has 0 bridgehead atoms. The van der Waals surface area contributed by atoms with Gasteiger partial charge in [-0.15, -0.1) is 0 Å². The van der Waals surface area contributed by atoms with E-state index >= 15 is 0 Å². The van der Waals surface area contributed by atoms with Gasteiger partial charge in [-0.3, -0.25) is 4.98 Å². The first-order valence-electron chi connectivity index (χ1n) is 6.77. The lowest BCUT2D eigenvalue weighted by molar-refractivity contribution is 0.688. The zero-order chi connectivity index (χ0) is 13.1. The minimum Gasteiger partial charge on any atom is -0.366 e. The van der Waals surface area contributed by atoms with Crippen molar-refractivity contribution in [3.05, 3.63) is 59.4 Å². The monoisotopic (exact) mass is 253 g/mol. The molecule has 1 aromatic heterocycles. The normalized spacial score (nSPS) is 14.9. The zero-order valence-electron chi connectivity index (χ0n) is 11.3. The van der Waals surface area contributed by atoms with Crippen LogP contribution in [0.15, 0.2) is 42.7 Å². The molecule has 19 heavy (non-hydrogen) atoms. The largest absolute Gasteiger partial charge is 0.366 e. The summed E-state index contributed by atoms with van der Waals surface area (Å²) in [5.41, 5.74) is 5.21. The van der Waals surface area contributed by atoms with Crippen LogP contribution in [0, 0.1) is 6.92 Å². The van der Waals surface area contributed by atoms with Crippen molar-refractivity contribution in [1.29, 1.82) is 0 Å². The second kappa shape index (κ2) is 5.41. The predicted octanol–water partition coefficient (Wildman–Crippen LogP) is 2.50. The molecule has 1 aliphatic heterocycles. The Balaban J connectivity index is 1.88. The van der Waals surface area contributed by atoms with Crippen LogP contribution in [0.5, 0.6) is 0 Å². The van der Waals surface area contributed by atoms with E-state index in [1.165, 1.54) is 22.4 Å². The van der Waals surface area contributed by atoms with Gasteiger partial charge in [-0.1, -0.05) is 24.3 Å². The van der Waals surface area contributed by atoms with Crippen molar-refractivity contribution in [2.24, 2.45) is 0 Å². The van der Waals surface area contributed by atoms with E-state index in [4.69, 9.17) is 0 Å². The number of pyridine rings is 1. The number of hydrogen-bond donors (Lipinski definition) is 1. The second-order valence-corrected chi connectivity index (χ2v) is 5.10. The fourth-order valence-corrected chi connectivity index (χ4v) is 2.61. The van der Waals surface area contributed by atoms with E-state index in [9.17, 15) is 0 Å². The Hall–Kier alpha value is -1.87. The van der Waals surface area contributed by atoms with Gasteiger partial charge in [0, 0.05) is 44.3 Å². The molecule has 1 aromatic carbocycles. The van der Waals surface area contributed by atoms with Crippen molar-refractivity contribution < 1.29 is 0 Å². The zero-order valence-corrected chi connectivity index (χ0v) is 11.3. The number of para-hydroxylation sites is 1. The van der Waals surface area contributed by atoms with Crippen molar-refractivity contribution in [3.8, 4) is 0 Å². The molecular weight excluding hydrogens is 234 g/mol. The van der Waals surface area contributed by atoms with Gasteiger partial charge in [0.1, 0.15) is 0 Å². The number of aryl methyl sites for hydroxylation is 1. The van der Waals surface area contributed by atoms with Crippen LogP contribution in [0.4, 0.5) is 5.69 Å². The number of nitrogens with zero attached hydrogens (tertiary/aromatic N) is 2. The molecule has 3 rings (SSSR count). The third-order valence-electron chi connectivity index (χ3n) is 3.51. The van der Waals surface area contributed by atoms with E-state index in [0.29, 0.717) is 0 Å². The van der Waals surface area contributed by atoms with Crippen LogP contribution < -0.4 is 10.2 Å². The molecule has 0 fully saturated rings. The highest BCUT2D eigenvalue weighted by atomic mass is 15.2. The van der Waals surface area contributed by atoms with Gasteiger partial charge in [0.05, 0.1) is 0 Å². The van der Waals surface area contributed by atoms with E-state index in [1.807, 2.05) is 12.4 Å². The maximum absolute atomic E-state index is 4.29. The number of hydrogen-bond acceptors (Lipinski definition) is 3. The molecule has 1 N–H and O–H groups in total. The van der Waals surface area contributed by atoms with Crippen LogP contribution in [0.1, 0.15) is 16.7 Å². The SMILES string of the molecule is Cc1cncc(CN2CCNCc3ccccc32)c1. The molecule has 0 spiro atoms. The summed E-state index contributed by atoms with van der Waals surface area (Å²) in [5.74, 6) is 0. The molecule has 3 nitrogen and oxygen atoms in total.